The van der Waals surface area contributed by atoms with Crippen molar-refractivity contribution in [2.75, 3.05) is 25.4 Å². The molecule has 3 N–H and O–H groups in total. The third-order valence-electron chi connectivity index (χ3n) is 4.41. The first kappa shape index (κ1) is 18.9. The number of amides is 2. The summed E-state index contributed by atoms with van der Waals surface area (Å²) < 4.78 is 0. The molecule has 0 aliphatic carbocycles. The Balaban J connectivity index is 1.68. The quantitative estimate of drug-likeness (QED) is 0.681. The minimum Gasteiger partial charge on any atom is -0.369 e. The predicted molar refractivity (Wildman–Crippen MR) is 107 cm³/mol. The number of hydrogen-bond donors (Lipinski definition) is 2. The number of benzene rings is 1. The van der Waals surface area contributed by atoms with E-state index in [1.54, 1.807) is 17.4 Å². The Labute approximate surface area is 162 Å². The first-order valence-electron chi connectivity index (χ1n) is 8.71. The number of likely N-dealkylation sites (tertiary alicyclic amines) is 1. The predicted octanol–water partition coefficient (Wildman–Crippen LogP) is 2.89. The van der Waals surface area contributed by atoms with Gasteiger partial charge in [0.05, 0.1) is 17.4 Å². The number of nitrogens with zero attached hydrogens (tertiary/aromatic N) is 1. The van der Waals surface area contributed by atoms with Gasteiger partial charge in [-0.05, 0) is 49.5 Å². The van der Waals surface area contributed by atoms with Gasteiger partial charge in [-0.1, -0.05) is 18.2 Å². The van der Waals surface area contributed by atoms with Crippen molar-refractivity contribution in [2.45, 2.75) is 23.8 Å². The maximum absolute atomic E-state index is 12.7. The normalized spacial score (nSPS) is 15.7. The van der Waals surface area contributed by atoms with E-state index >= 15 is 0 Å². The third-order valence-corrected chi connectivity index (χ3v) is 6.48. The van der Waals surface area contributed by atoms with Gasteiger partial charge in [0.25, 0.3) is 5.91 Å². The molecule has 1 atom stereocenters. The Morgan fingerprint density at radius 2 is 1.96 bits per heavy atom. The van der Waals surface area contributed by atoms with Crippen LogP contribution in [0.5, 0.6) is 0 Å². The molecule has 2 amide bonds. The van der Waals surface area contributed by atoms with E-state index < -0.39 is 5.91 Å². The topological polar surface area (TPSA) is 75.4 Å². The van der Waals surface area contributed by atoms with Crippen LogP contribution >= 0.6 is 23.1 Å². The average molecular weight is 390 g/mol. The second-order valence-electron chi connectivity index (χ2n) is 6.24. The number of thiophene rings is 1. The van der Waals surface area contributed by atoms with E-state index in [9.17, 15) is 9.59 Å². The lowest BCUT2D eigenvalue weighted by molar-refractivity contribution is -0.115. The third kappa shape index (κ3) is 4.87. The minimum absolute atomic E-state index is 0.113. The van der Waals surface area contributed by atoms with E-state index in [0.29, 0.717) is 12.1 Å². The fourth-order valence-corrected chi connectivity index (χ4v) is 4.81. The molecule has 2 heterocycles. The molecular weight excluding hydrogens is 366 g/mol. The summed E-state index contributed by atoms with van der Waals surface area (Å²) in [6.07, 6.45) is 2.42. The van der Waals surface area contributed by atoms with Gasteiger partial charge >= 0.3 is 0 Å². The van der Waals surface area contributed by atoms with Gasteiger partial charge < -0.3 is 11.1 Å². The maximum Gasteiger partial charge on any atom is 0.252 e. The summed E-state index contributed by atoms with van der Waals surface area (Å²) in [5.41, 5.74) is 5.81. The lowest BCUT2D eigenvalue weighted by Gasteiger charge is -2.27. The highest BCUT2D eigenvalue weighted by atomic mass is 32.2. The molecule has 7 heteroatoms. The molecule has 26 heavy (non-hydrogen) atoms. The Kier molecular flexibility index (Phi) is 6.71. The van der Waals surface area contributed by atoms with E-state index in [4.69, 9.17) is 5.73 Å². The van der Waals surface area contributed by atoms with E-state index in [1.807, 2.05) is 18.2 Å². The number of carbonyl (C=O) groups is 2. The smallest absolute Gasteiger partial charge is 0.252 e. The molecule has 3 rings (SSSR count). The van der Waals surface area contributed by atoms with Crippen LogP contribution in [0, 0.1) is 0 Å². The maximum atomic E-state index is 12.7. The van der Waals surface area contributed by atoms with Gasteiger partial charge in [0.2, 0.25) is 5.91 Å². The summed E-state index contributed by atoms with van der Waals surface area (Å²) in [6, 6.07) is 11.7. The van der Waals surface area contributed by atoms with E-state index in [-0.39, 0.29) is 17.7 Å². The number of nitrogens with one attached hydrogen (secondary N) is 1. The standard InChI is InChI=1S/C19H23N3O2S2/c20-18(23)13-26-16-7-2-1-6-14(16)19(24)21-12-15(17-8-5-11-25-17)22-9-3-4-10-22/h1-2,5-8,11,15H,3-4,9-10,12-13H2,(H2,20,23)(H,21,24). The first-order chi connectivity index (χ1) is 12.6. The van der Waals surface area contributed by atoms with Gasteiger partial charge in [-0.2, -0.15) is 0 Å². The Bertz CT molecular complexity index is 743. The summed E-state index contributed by atoms with van der Waals surface area (Å²) in [4.78, 5) is 28.3. The van der Waals surface area contributed by atoms with Crippen molar-refractivity contribution in [3.05, 3.63) is 52.2 Å². The lowest BCUT2D eigenvalue weighted by Crippen LogP contribution is -2.36. The molecule has 1 unspecified atom stereocenters. The zero-order valence-electron chi connectivity index (χ0n) is 14.5. The summed E-state index contributed by atoms with van der Waals surface area (Å²) in [5, 5.41) is 5.17. The van der Waals surface area contributed by atoms with E-state index in [1.165, 1.54) is 29.5 Å². The fraction of sp³-hybridized carbons (Fsp3) is 0.368. The van der Waals surface area contributed by atoms with Gasteiger partial charge in [-0.3, -0.25) is 14.5 Å². The number of rotatable bonds is 8. The van der Waals surface area contributed by atoms with Crippen LogP contribution in [0.2, 0.25) is 0 Å². The van der Waals surface area contributed by atoms with Crippen molar-refractivity contribution in [3.63, 3.8) is 0 Å². The summed E-state index contributed by atoms with van der Waals surface area (Å²) >= 11 is 3.03. The van der Waals surface area contributed by atoms with Crippen molar-refractivity contribution in [3.8, 4) is 0 Å². The van der Waals surface area contributed by atoms with Gasteiger partial charge in [0.15, 0.2) is 0 Å². The van der Waals surface area contributed by atoms with Crippen LogP contribution < -0.4 is 11.1 Å². The van der Waals surface area contributed by atoms with Gasteiger partial charge in [-0.15, -0.1) is 23.1 Å². The zero-order valence-corrected chi connectivity index (χ0v) is 16.2. The Hall–Kier alpha value is -1.83. The zero-order chi connectivity index (χ0) is 18.4. The van der Waals surface area contributed by atoms with E-state index in [2.05, 4.69) is 27.7 Å². The second-order valence-corrected chi connectivity index (χ2v) is 8.23. The van der Waals surface area contributed by atoms with Gasteiger partial charge in [0, 0.05) is 16.3 Å². The first-order valence-corrected chi connectivity index (χ1v) is 10.6. The molecule has 1 aromatic carbocycles. The molecule has 0 spiro atoms. The molecule has 138 valence electrons. The molecule has 1 aromatic heterocycles. The highest BCUT2D eigenvalue weighted by Gasteiger charge is 2.25. The van der Waals surface area contributed by atoms with Crippen molar-refractivity contribution in [1.29, 1.82) is 0 Å². The number of primary amides is 1. The highest BCUT2D eigenvalue weighted by molar-refractivity contribution is 8.00. The minimum atomic E-state index is -0.392. The summed E-state index contributed by atoms with van der Waals surface area (Å²) in [6.45, 7) is 2.72. The average Bonchev–Trinajstić information content (AvgIpc) is 3.34. The molecule has 1 saturated heterocycles. The summed E-state index contributed by atoms with van der Waals surface area (Å²) in [5.74, 6) is -0.342. The number of thioether (sulfide) groups is 1. The number of nitrogens with two attached hydrogens (primary N) is 1. The molecule has 0 bridgehead atoms. The highest BCUT2D eigenvalue weighted by Crippen LogP contribution is 2.28. The van der Waals surface area contributed by atoms with Crippen LogP contribution in [0.25, 0.3) is 0 Å². The molecule has 2 aromatic rings. The molecule has 1 fully saturated rings. The molecule has 0 radical (unpaired) electrons. The molecule has 5 nitrogen and oxygen atoms in total. The van der Waals surface area contributed by atoms with Crippen LogP contribution in [0.3, 0.4) is 0 Å². The number of hydrogen-bond acceptors (Lipinski definition) is 5. The van der Waals surface area contributed by atoms with Crippen LogP contribution in [0.1, 0.15) is 34.1 Å². The largest absolute Gasteiger partial charge is 0.369 e. The summed E-state index contributed by atoms with van der Waals surface area (Å²) in [7, 11) is 0. The molecule has 1 aliphatic rings. The lowest BCUT2D eigenvalue weighted by atomic mass is 10.1. The van der Waals surface area contributed by atoms with Crippen molar-refractivity contribution in [1.82, 2.24) is 10.2 Å². The van der Waals surface area contributed by atoms with E-state index in [0.717, 1.165) is 18.0 Å². The van der Waals surface area contributed by atoms with Crippen molar-refractivity contribution < 1.29 is 9.59 Å². The molecular formula is C19H23N3O2S2. The molecule has 1 aliphatic heterocycles. The molecule has 0 saturated carbocycles. The van der Waals surface area contributed by atoms with Gasteiger partial charge in [-0.25, -0.2) is 0 Å². The fourth-order valence-electron chi connectivity index (χ4n) is 3.16. The van der Waals surface area contributed by atoms with Crippen LogP contribution in [0.4, 0.5) is 0 Å². The second kappa shape index (κ2) is 9.21. The monoisotopic (exact) mass is 389 g/mol. The van der Waals surface area contributed by atoms with Crippen LogP contribution in [-0.2, 0) is 4.79 Å². The number of carbonyl (C=O) groups excluding carboxylic acids is 2. The van der Waals surface area contributed by atoms with Crippen molar-refractivity contribution in [2.24, 2.45) is 5.73 Å². The SMILES string of the molecule is NC(=O)CSc1ccccc1C(=O)NCC(c1cccs1)N1CCCC1. The van der Waals surface area contributed by atoms with Crippen LogP contribution in [-0.4, -0.2) is 42.1 Å². The van der Waals surface area contributed by atoms with Gasteiger partial charge in [0.1, 0.15) is 0 Å². The van der Waals surface area contributed by atoms with Crippen molar-refractivity contribution >= 4 is 34.9 Å². The Morgan fingerprint density at radius 1 is 1.19 bits per heavy atom. The Morgan fingerprint density at radius 3 is 2.65 bits per heavy atom. The van der Waals surface area contributed by atoms with Crippen LogP contribution in [0.15, 0.2) is 46.7 Å².